The molecule has 20 heavy (non-hydrogen) atoms. The molecule has 0 aliphatic heterocycles. The smallest absolute Gasteiger partial charge is 0.336 e. The number of nitrogens with one attached hydrogen (secondary N) is 2. The summed E-state index contributed by atoms with van der Waals surface area (Å²) in [7, 11) is 0. The molecule has 0 bridgehead atoms. The number of aromatic amines is 2. The van der Waals surface area contributed by atoms with Gasteiger partial charge in [0.2, 0.25) is 0 Å². The summed E-state index contributed by atoms with van der Waals surface area (Å²) in [6.07, 6.45) is 0.633. The van der Waals surface area contributed by atoms with Crippen molar-refractivity contribution in [2.75, 3.05) is 0 Å². The van der Waals surface area contributed by atoms with Crippen LogP contribution in [0.2, 0.25) is 0 Å². The van der Waals surface area contributed by atoms with Crippen LogP contribution in [0.1, 0.15) is 39.3 Å². The number of carbonyl (C=O) groups excluding carboxylic acids is 1. The Morgan fingerprint density at radius 1 is 1.30 bits per heavy atom. The van der Waals surface area contributed by atoms with E-state index in [0.717, 1.165) is 6.42 Å². The van der Waals surface area contributed by atoms with Crippen molar-refractivity contribution in [3.8, 4) is 0 Å². The van der Waals surface area contributed by atoms with E-state index >= 15 is 0 Å². The maximum absolute atomic E-state index is 11.7. The maximum atomic E-state index is 11.7. The molecule has 0 fully saturated rings. The Hall–Kier alpha value is -2.38. The lowest BCUT2D eigenvalue weighted by atomic mass is 10.2. The summed E-state index contributed by atoms with van der Waals surface area (Å²) in [4.78, 5) is 49.8. The molecular weight excluding hydrogens is 266 g/mol. The van der Waals surface area contributed by atoms with Crippen LogP contribution in [0.25, 0.3) is 0 Å². The molecule has 0 saturated carbocycles. The molecule has 0 spiro atoms. The van der Waals surface area contributed by atoms with E-state index in [1.54, 1.807) is 0 Å². The molecule has 1 aromatic rings. The molecule has 0 aromatic carbocycles. The number of unbranched alkanes of at least 4 members (excludes halogenated alkanes) is 1. The van der Waals surface area contributed by atoms with Crippen molar-refractivity contribution in [2.45, 2.75) is 39.3 Å². The van der Waals surface area contributed by atoms with Gasteiger partial charge in [-0.3, -0.25) is 9.97 Å². The molecule has 8 nitrogen and oxygen atoms in total. The van der Waals surface area contributed by atoms with Crippen LogP contribution in [0.15, 0.2) is 26.5 Å². The van der Waals surface area contributed by atoms with Gasteiger partial charge in [0, 0.05) is 12.0 Å². The van der Waals surface area contributed by atoms with Crippen molar-refractivity contribution in [2.24, 2.45) is 0 Å². The fraction of sp³-hybridized carbons (Fsp3) is 0.500. The average molecular weight is 283 g/mol. The van der Waals surface area contributed by atoms with Gasteiger partial charge in [-0.2, -0.15) is 0 Å². The van der Waals surface area contributed by atoms with Crippen LogP contribution >= 0.6 is 0 Å². The fourth-order valence-electron chi connectivity index (χ4n) is 1.54. The van der Waals surface area contributed by atoms with Crippen LogP contribution in [0, 0.1) is 0 Å². The first kappa shape index (κ1) is 15.7. The summed E-state index contributed by atoms with van der Waals surface area (Å²) in [5.41, 5.74) is -2.60. The first-order valence-electron chi connectivity index (χ1n) is 6.18. The maximum Gasteiger partial charge on any atom is 0.336 e. The standard InChI is InChI=1S/C12H17N3O5/c1-4-5-6-8(20-9(16)7(2)3)15-11(18)13-10(17)14-12(15)19/h8H,2,4-6H2,1,3H3,(H2,13,14,17,18,19). The van der Waals surface area contributed by atoms with E-state index in [-0.39, 0.29) is 12.0 Å². The highest BCUT2D eigenvalue weighted by molar-refractivity contribution is 5.86. The topological polar surface area (TPSA) is 114 Å². The molecule has 1 heterocycles. The van der Waals surface area contributed by atoms with Gasteiger partial charge in [-0.15, -0.1) is 0 Å². The van der Waals surface area contributed by atoms with E-state index in [2.05, 4.69) is 6.58 Å². The van der Waals surface area contributed by atoms with E-state index in [1.165, 1.54) is 6.92 Å². The van der Waals surface area contributed by atoms with Crippen LogP contribution in [-0.2, 0) is 9.53 Å². The molecular formula is C12H17N3O5. The molecule has 0 aliphatic carbocycles. The van der Waals surface area contributed by atoms with Crippen molar-refractivity contribution in [1.29, 1.82) is 0 Å². The lowest BCUT2D eigenvalue weighted by molar-refractivity contribution is -0.150. The number of aromatic nitrogens is 3. The average Bonchev–Trinajstić information content (AvgIpc) is 2.33. The van der Waals surface area contributed by atoms with Crippen LogP contribution in [0.4, 0.5) is 0 Å². The number of esters is 1. The van der Waals surface area contributed by atoms with Gasteiger partial charge in [0.05, 0.1) is 0 Å². The summed E-state index contributed by atoms with van der Waals surface area (Å²) >= 11 is 0. The minimum Gasteiger partial charge on any atom is -0.438 e. The second kappa shape index (κ2) is 6.69. The van der Waals surface area contributed by atoms with Crippen LogP contribution in [0.5, 0.6) is 0 Å². The third-order valence-corrected chi connectivity index (χ3v) is 2.56. The second-order valence-corrected chi connectivity index (χ2v) is 4.34. The van der Waals surface area contributed by atoms with Crippen molar-refractivity contribution in [3.05, 3.63) is 43.6 Å². The minimum atomic E-state index is -1.08. The summed E-state index contributed by atoms with van der Waals surface area (Å²) < 4.78 is 5.76. The third kappa shape index (κ3) is 3.81. The first-order valence-corrected chi connectivity index (χ1v) is 6.18. The molecule has 1 atom stereocenters. The van der Waals surface area contributed by atoms with Gasteiger partial charge in [-0.05, 0) is 13.3 Å². The molecule has 8 heteroatoms. The lowest BCUT2D eigenvalue weighted by Crippen LogP contribution is -2.46. The van der Waals surface area contributed by atoms with E-state index in [9.17, 15) is 19.2 Å². The molecule has 0 aliphatic rings. The Balaban J connectivity index is 3.20. The van der Waals surface area contributed by atoms with Gasteiger partial charge < -0.3 is 4.74 Å². The van der Waals surface area contributed by atoms with Gasteiger partial charge in [0.25, 0.3) is 0 Å². The van der Waals surface area contributed by atoms with Crippen molar-refractivity contribution in [3.63, 3.8) is 0 Å². The molecule has 2 N–H and O–H groups in total. The van der Waals surface area contributed by atoms with E-state index in [1.807, 2.05) is 16.9 Å². The molecule has 0 radical (unpaired) electrons. The molecule has 0 amide bonds. The quantitative estimate of drug-likeness (QED) is 0.565. The highest BCUT2D eigenvalue weighted by atomic mass is 16.6. The Labute approximate surface area is 114 Å². The number of nitrogens with zero attached hydrogens (tertiary/aromatic N) is 1. The summed E-state index contributed by atoms with van der Waals surface area (Å²) in [5, 5.41) is 0. The van der Waals surface area contributed by atoms with Crippen molar-refractivity contribution < 1.29 is 9.53 Å². The minimum absolute atomic E-state index is 0.153. The normalized spacial score (nSPS) is 11.9. The highest BCUT2D eigenvalue weighted by Gasteiger charge is 2.20. The van der Waals surface area contributed by atoms with Crippen LogP contribution in [0.3, 0.4) is 0 Å². The van der Waals surface area contributed by atoms with Crippen LogP contribution in [-0.4, -0.2) is 20.5 Å². The number of H-pyrrole nitrogens is 2. The fourth-order valence-corrected chi connectivity index (χ4v) is 1.54. The van der Waals surface area contributed by atoms with Gasteiger partial charge in [-0.1, -0.05) is 19.9 Å². The zero-order chi connectivity index (χ0) is 15.3. The largest absolute Gasteiger partial charge is 0.438 e. The van der Waals surface area contributed by atoms with Crippen LogP contribution < -0.4 is 17.1 Å². The molecule has 1 unspecified atom stereocenters. The molecule has 0 saturated heterocycles. The summed E-state index contributed by atoms with van der Waals surface area (Å²) in [5.74, 6) is -0.705. The van der Waals surface area contributed by atoms with E-state index in [4.69, 9.17) is 4.74 Å². The predicted octanol–water partition coefficient (Wildman–Crippen LogP) is 0.0330. The SMILES string of the molecule is C=C(C)C(=O)OC(CCCC)n1c(=O)[nH]c(=O)[nH]c1=O. The highest BCUT2D eigenvalue weighted by Crippen LogP contribution is 2.14. The van der Waals surface area contributed by atoms with E-state index < -0.39 is 29.3 Å². The van der Waals surface area contributed by atoms with Gasteiger partial charge >= 0.3 is 23.0 Å². The molecule has 1 aromatic heterocycles. The monoisotopic (exact) mass is 283 g/mol. The zero-order valence-corrected chi connectivity index (χ0v) is 11.4. The molecule has 1 rings (SSSR count). The zero-order valence-electron chi connectivity index (χ0n) is 11.4. The first-order chi connectivity index (χ1) is 9.36. The van der Waals surface area contributed by atoms with E-state index in [0.29, 0.717) is 11.0 Å². The second-order valence-electron chi connectivity index (χ2n) is 4.34. The number of rotatable bonds is 6. The number of hydrogen-bond acceptors (Lipinski definition) is 5. The number of carbonyl (C=O) groups is 1. The number of hydrogen-bond donors (Lipinski definition) is 2. The Morgan fingerprint density at radius 3 is 2.30 bits per heavy atom. The van der Waals surface area contributed by atoms with Crippen molar-refractivity contribution >= 4 is 5.97 Å². The summed E-state index contributed by atoms with van der Waals surface area (Å²) in [6.45, 7) is 6.81. The molecule has 110 valence electrons. The summed E-state index contributed by atoms with van der Waals surface area (Å²) in [6, 6.07) is 0. The van der Waals surface area contributed by atoms with Gasteiger partial charge in [-0.25, -0.2) is 23.7 Å². The number of ether oxygens (including phenoxy) is 1. The van der Waals surface area contributed by atoms with Gasteiger partial charge in [0.1, 0.15) is 0 Å². The lowest BCUT2D eigenvalue weighted by Gasteiger charge is -2.18. The van der Waals surface area contributed by atoms with Gasteiger partial charge in [0.15, 0.2) is 6.23 Å². The van der Waals surface area contributed by atoms with Crippen molar-refractivity contribution in [1.82, 2.24) is 14.5 Å². The Kier molecular flexibility index (Phi) is 5.24. The Morgan fingerprint density at radius 2 is 1.85 bits per heavy atom. The Bertz CT molecular complexity index is 632. The predicted molar refractivity (Wildman–Crippen MR) is 71.4 cm³/mol. The third-order valence-electron chi connectivity index (χ3n) is 2.56.